The van der Waals surface area contributed by atoms with Gasteiger partial charge in [0, 0.05) is 12.1 Å². The zero-order chi connectivity index (χ0) is 15.2. The molecule has 0 bridgehead atoms. The van der Waals surface area contributed by atoms with Crippen LogP contribution in [0.4, 0.5) is 11.4 Å². The molecule has 0 unspecified atom stereocenters. The molecule has 0 spiro atoms. The van der Waals surface area contributed by atoms with Crippen LogP contribution in [0.15, 0.2) is 54.6 Å². The fraction of sp³-hybridized carbons (Fsp3) is 0.400. The molecule has 2 N–H and O–H groups in total. The average molecular weight is 294 g/mol. The van der Waals surface area contributed by atoms with Crippen LogP contribution in [0, 0.1) is 0 Å². The van der Waals surface area contributed by atoms with E-state index < -0.39 is 0 Å². The molecule has 2 heteroatoms. The first-order valence-corrected chi connectivity index (χ1v) is 8.50. The Balaban J connectivity index is 1.70. The number of hydrogen-bond donors (Lipinski definition) is 2. The Labute approximate surface area is 134 Å². The standard InChI is InChI=1S/C20H26N2/c1-16(17-10-4-2-5-11-17)21-19-14-8-9-15-20(19)22-18-12-6-3-7-13-18/h2,4-5,8-11,14-16,18,21-22H,3,6-7,12-13H2,1H3/t16-/m0/s1. The molecular weight excluding hydrogens is 268 g/mol. The van der Waals surface area contributed by atoms with E-state index >= 15 is 0 Å². The van der Waals surface area contributed by atoms with Gasteiger partial charge in [0.15, 0.2) is 0 Å². The molecule has 1 fully saturated rings. The van der Waals surface area contributed by atoms with Gasteiger partial charge in [-0.15, -0.1) is 0 Å². The van der Waals surface area contributed by atoms with Crippen LogP contribution in [0.25, 0.3) is 0 Å². The molecule has 3 rings (SSSR count). The summed E-state index contributed by atoms with van der Waals surface area (Å²) >= 11 is 0. The van der Waals surface area contributed by atoms with Gasteiger partial charge in [0.25, 0.3) is 0 Å². The summed E-state index contributed by atoms with van der Waals surface area (Å²) in [5, 5.41) is 7.40. The first-order chi connectivity index (χ1) is 10.8. The highest BCUT2D eigenvalue weighted by Crippen LogP contribution is 2.29. The van der Waals surface area contributed by atoms with Crippen LogP contribution in [0.5, 0.6) is 0 Å². The van der Waals surface area contributed by atoms with Crippen LogP contribution in [0.3, 0.4) is 0 Å². The minimum Gasteiger partial charge on any atom is -0.381 e. The van der Waals surface area contributed by atoms with Gasteiger partial charge in [-0.25, -0.2) is 0 Å². The second kappa shape index (κ2) is 7.35. The SMILES string of the molecule is C[C@H](Nc1ccccc1NC1CCCCC1)c1ccccc1. The molecule has 0 saturated heterocycles. The molecule has 22 heavy (non-hydrogen) atoms. The predicted octanol–water partition coefficient (Wildman–Crippen LogP) is 5.60. The molecule has 0 amide bonds. The van der Waals surface area contributed by atoms with Gasteiger partial charge < -0.3 is 10.6 Å². The van der Waals surface area contributed by atoms with Crippen molar-refractivity contribution in [1.82, 2.24) is 0 Å². The molecule has 0 heterocycles. The van der Waals surface area contributed by atoms with E-state index in [0.29, 0.717) is 12.1 Å². The van der Waals surface area contributed by atoms with Gasteiger partial charge in [0.05, 0.1) is 11.4 Å². The number of nitrogens with one attached hydrogen (secondary N) is 2. The summed E-state index contributed by atoms with van der Waals surface area (Å²) in [4.78, 5) is 0. The van der Waals surface area contributed by atoms with Crippen molar-refractivity contribution in [2.24, 2.45) is 0 Å². The summed E-state index contributed by atoms with van der Waals surface area (Å²) in [5.41, 5.74) is 3.75. The molecular formula is C20H26N2. The molecule has 2 nitrogen and oxygen atoms in total. The van der Waals surface area contributed by atoms with Gasteiger partial charge in [0.1, 0.15) is 0 Å². The molecule has 1 saturated carbocycles. The number of anilines is 2. The first kappa shape index (κ1) is 15.0. The van der Waals surface area contributed by atoms with E-state index in [-0.39, 0.29) is 0 Å². The van der Waals surface area contributed by atoms with E-state index in [1.54, 1.807) is 0 Å². The van der Waals surface area contributed by atoms with E-state index in [2.05, 4.69) is 72.2 Å². The molecule has 1 aliphatic carbocycles. The molecule has 0 aliphatic heterocycles. The fourth-order valence-electron chi connectivity index (χ4n) is 3.26. The molecule has 1 atom stereocenters. The van der Waals surface area contributed by atoms with Crippen molar-refractivity contribution in [1.29, 1.82) is 0 Å². The fourth-order valence-corrected chi connectivity index (χ4v) is 3.26. The Bertz CT molecular complexity index is 573. The van der Waals surface area contributed by atoms with Gasteiger partial charge in [-0.05, 0) is 37.5 Å². The largest absolute Gasteiger partial charge is 0.381 e. The Hall–Kier alpha value is -1.96. The quantitative estimate of drug-likeness (QED) is 0.749. The van der Waals surface area contributed by atoms with Gasteiger partial charge in [-0.1, -0.05) is 61.7 Å². The second-order valence-corrected chi connectivity index (χ2v) is 6.30. The molecule has 2 aromatic rings. The average Bonchev–Trinajstić information content (AvgIpc) is 2.58. The summed E-state index contributed by atoms with van der Waals surface area (Å²) in [5.74, 6) is 0. The molecule has 2 aromatic carbocycles. The molecule has 116 valence electrons. The highest BCUT2D eigenvalue weighted by Gasteiger charge is 2.15. The third kappa shape index (κ3) is 3.82. The Morgan fingerprint density at radius 1 is 0.818 bits per heavy atom. The van der Waals surface area contributed by atoms with Crippen LogP contribution < -0.4 is 10.6 Å². The highest BCUT2D eigenvalue weighted by molar-refractivity contribution is 5.69. The lowest BCUT2D eigenvalue weighted by Crippen LogP contribution is -2.23. The lowest BCUT2D eigenvalue weighted by molar-refractivity contribution is 0.463. The van der Waals surface area contributed by atoms with Crippen molar-refractivity contribution in [2.45, 2.75) is 51.1 Å². The summed E-state index contributed by atoms with van der Waals surface area (Å²) in [6.07, 6.45) is 6.69. The van der Waals surface area contributed by atoms with E-state index in [1.165, 1.54) is 49.0 Å². The van der Waals surface area contributed by atoms with Crippen molar-refractivity contribution in [3.8, 4) is 0 Å². The zero-order valence-electron chi connectivity index (χ0n) is 13.4. The Morgan fingerprint density at radius 3 is 2.18 bits per heavy atom. The van der Waals surface area contributed by atoms with Crippen LogP contribution >= 0.6 is 0 Å². The van der Waals surface area contributed by atoms with Crippen molar-refractivity contribution < 1.29 is 0 Å². The summed E-state index contributed by atoms with van der Waals surface area (Å²) in [6.45, 7) is 2.22. The minimum atomic E-state index is 0.301. The van der Waals surface area contributed by atoms with Crippen LogP contribution in [-0.4, -0.2) is 6.04 Å². The number of benzene rings is 2. The maximum Gasteiger partial charge on any atom is 0.0580 e. The third-order valence-electron chi connectivity index (χ3n) is 4.56. The number of hydrogen-bond acceptors (Lipinski definition) is 2. The van der Waals surface area contributed by atoms with E-state index in [1.807, 2.05) is 0 Å². The van der Waals surface area contributed by atoms with Crippen molar-refractivity contribution in [3.05, 3.63) is 60.2 Å². The van der Waals surface area contributed by atoms with Crippen molar-refractivity contribution >= 4 is 11.4 Å². The number of rotatable bonds is 5. The van der Waals surface area contributed by atoms with Gasteiger partial charge >= 0.3 is 0 Å². The topological polar surface area (TPSA) is 24.1 Å². The van der Waals surface area contributed by atoms with Crippen molar-refractivity contribution in [2.75, 3.05) is 10.6 Å². The first-order valence-electron chi connectivity index (χ1n) is 8.50. The molecule has 1 aliphatic rings. The third-order valence-corrected chi connectivity index (χ3v) is 4.56. The monoisotopic (exact) mass is 294 g/mol. The molecule has 0 radical (unpaired) electrons. The summed E-state index contributed by atoms with van der Waals surface area (Å²) in [7, 11) is 0. The smallest absolute Gasteiger partial charge is 0.0580 e. The van der Waals surface area contributed by atoms with Crippen LogP contribution in [0.2, 0.25) is 0 Å². The van der Waals surface area contributed by atoms with Gasteiger partial charge in [-0.3, -0.25) is 0 Å². The summed E-state index contributed by atoms with van der Waals surface area (Å²) < 4.78 is 0. The van der Waals surface area contributed by atoms with Crippen LogP contribution in [0.1, 0.15) is 50.6 Å². The van der Waals surface area contributed by atoms with Crippen LogP contribution in [-0.2, 0) is 0 Å². The maximum absolute atomic E-state index is 3.74. The van der Waals surface area contributed by atoms with Gasteiger partial charge in [-0.2, -0.15) is 0 Å². The molecule has 0 aromatic heterocycles. The second-order valence-electron chi connectivity index (χ2n) is 6.30. The maximum atomic E-state index is 3.74. The Kier molecular flexibility index (Phi) is 4.99. The highest BCUT2D eigenvalue weighted by atomic mass is 15.0. The van der Waals surface area contributed by atoms with Crippen molar-refractivity contribution in [3.63, 3.8) is 0 Å². The number of para-hydroxylation sites is 2. The van der Waals surface area contributed by atoms with E-state index in [9.17, 15) is 0 Å². The van der Waals surface area contributed by atoms with E-state index in [4.69, 9.17) is 0 Å². The minimum absolute atomic E-state index is 0.301. The normalized spacial score (nSPS) is 17.0. The predicted molar refractivity (Wildman–Crippen MR) is 95.4 cm³/mol. The lowest BCUT2D eigenvalue weighted by atomic mass is 9.95. The summed E-state index contributed by atoms with van der Waals surface area (Å²) in [6, 6.07) is 20.1. The zero-order valence-corrected chi connectivity index (χ0v) is 13.4. The lowest BCUT2D eigenvalue weighted by Gasteiger charge is -2.26. The Morgan fingerprint density at radius 2 is 1.45 bits per heavy atom. The van der Waals surface area contributed by atoms with E-state index in [0.717, 1.165) is 0 Å². The van der Waals surface area contributed by atoms with Gasteiger partial charge in [0.2, 0.25) is 0 Å².